The summed E-state index contributed by atoms with van der Waals surface area (Å²) in [6.07, 6.45) is 1.79. The molecule has 24 heavy (non-hydrogen) atoms. The Morgan fingerprint density at radius 3 is 2.71 bits per heavy atom. The monoisotopic (exact) mass is 451 g/mol. The molecule has 3 rings (SSSR count). The van der Waals surface area contributed by atoms with Gasteiger partial charge in [-0.3, -0.25) is 4.99 Å². The number of rotatable bonds is 3. The van der Waals surface area contributed by atoms with Crippen LogP contribution < -0.4 is 15.8 Å². The second-order valence-corrected chi connectivity index (χ2v) is 6.40. The highest BCUT2D eigenvalue weighted by Crippen LogP contribution is 2.36. The molecule has 2 aliphatic rings. The summed E-state index contributed by atoms with van der Waals surface area (Å²) in [5.41, 5.74) is 7.06. The Labute approximate surface area is 158 Å². The molecule has 1 aromatic rings. The topological polar surface area (TPSA) is 59.6 Å². The molecule has 1 saturated carbocycles. The lowest BCUT2D eigenvalue weighted by atomic mass is 9.87. The van der Waals surface area contributed by atoms with E-state index >= 15 is 0 Å². The van der Waals surface area contributed by atoms with E-state index in [4.69, 9.17) is 10.5 Å². The van der Waals surface area contributed by atoms with Crippen molar-refractivity contribution in [3.05, 3.63) is 29.8 Å². The zero-order chi connectivity index (χ0) is 16.3. The lowest BCUT2D eigenvalue weighted by Gasteiger charge is -2.28. The summed E-state index contributed by atoms with van der Waals surface area (Å²) in [5.74, 6) is -1.03. The third-order valence-corrected chi connectivity index (χ3v) is 4.64. The molecule has 0 aromatic heterocycles. The molecule has 1 aliphatic heterocycles. The Morgan fingerprint density at radius 1 is 1.25 bits per heavy atom. The Balaban J connectivity index is 0.00000208. The molecule has 1 aromatic carbocycles. The molecular formula is C17H24F2IN3O. The van der Waals surface area contributed by atoms with Crippen molar-refractivity contribution < 1.29 is 13.5 Å². The highest BCUT2D eigenvalue weighted by molar-refractivity contribution is 14.0. The Morgan fingerprint density at radius 2 is 1.96 bits per heavy atom. The maximum atomic E-state index is 13.1. The predicted molar refractivity (Wildman–Crippen MR) is 101 cm³/mol. The van der Waals surface area contributed by atoms with Crippen LogP contribution in [-0.2, 0) is 0 Å². The second kappa shape index (κ2) is 8.31. The Kier molecular flexibility index (Phi) is 6.65. The van der Waals surface area contributed by atoms with Crippen LogP contribution in [0.5, 0.6) is 5.75 Å². The maximum Gasteiger partial charge on any atom is 0.248 e. The lowest BCUT2D eigenvalue weighted by Crippen LogP contribution is -2.38. The van der Waals surface area contributed by atoms with Gasteiger partial charge in [-0.25, -0.2) is 8.78 Å². The second-order valence-electron chi connectivity index (χ2n) is 6.40. The summed E-state index contributed by atoms with van der Waals surface area (Å²) >= 11 is 0. The average Bonchev–Trinajstić information content (AvgIpc) is 2.54. The Hall–Kier alpha value is -1.12. The molecule has 1 atom stereocenters. The van der Waals surface area contributed by atoms with Crippen LogP contribution in [0.2, 0.25) is 0 Å². The van der Waals surface area contributed by atoms with Gasteiger partial charge in [-0.15, -0.1) is 24.0 Å². The van der Waals surface area contributed by atoms with E-state index in [1.165, 1.54) is 0 Å². The van der Waals surface area contributed by atoms with Gasteiger partial charge >= 0.3 is 0 Å². The molecule has 0 radical (unpaired) electrons. The number of nitrogens with zero attached hydrogens (tertiary/aromatic N) is 1. The van der Waals surface area contributed by atoms with Crippen molar-refractivity contribution in [2.75, 3.05) is 13.2 Å². The normalized spacial score (nSPS) is 23.6. The van der Waals surface area contributed by atoms with Gasteiger partial charge in [0.05, 0.1) is 12.6 Å². The van der Waals surface area contributed by atoms with Crippen LogP contribution in [0.25, 0.3) is 0 Å². The van der Waals surface area contributed by atoms with Crippen LogP contribution in [0.1, 0.15) is 43.7 Å². The van der Waals surface area contributed by atoms with Crippen molar-refractivity contribution in [2.45, 2.75) is 44.1 Å². The Bertz CT molecular complexity index is 573. The summed E-state index contributed by atoms with van der Waals surface area (Å²) in [6, 6.07) is 7.95. The van der Waals surface area contributed by atoms with Crippen LogP contribution in [0.3, 0.4) is 0 Å². The first-order valence-corrected chi connectivity index (χ1v) is 8.19. The van der Waals surface area contributed by atoms with Gasteiger partial charge in [0.1, 0.15) is 5.75 Å². The van der Waals surface area contributed by atoms with Crippen LogP contribution in [0, 0.1) is 5.92 Å². The van der Waals surface area contributed by atoms with Crippen molar-refractivity contribution in [3.63, 3.8) is 0 Å². The number of para-hydroxylation sites is 1. The summed E-state index contributed by atoms with van der Waals surface area (Å²) in [5, 5.41) is 3.23. The summed E-state index contributed by atoms with van der Waals surface area (Å²) in [6.45, 7) is 1.15. The van der Waals surface area contributed by atoms with Crippen molar-refractivity contribution >= 4 is 29.9 Å². The number of alkyl halides is 2. The number of hydrogen-bond acceptors (Lipinski definition) is 2. The minimum atomic E-state index is -2.49. The minimum Gasteiger partial charge on any atom is -0.493 e. The summed E-state index contributed by atoms with van der Waals surface area (Å²) in [7, 11) is 0. The third kappa shape index (κ3) is 4.94. The first-order chi connectivity index (χ1) is 11.0. The van der Waals surface area contributed by atoms with Gasteiger partial charge in [0.25, 0.3) is 0 Å². The van der Waals surface area contributed by atoms with E-state index in [-0.39, 0.29) is 48.8 Å². The van der Waals surface area contributed by atoms with E-state index in [0.717, 1.165) is 17.7 Å². The third-order valence-electron chi connectivity index (χ3n) is 4.64. The van der Waals surface area contributed by atoms with E-state index in [9.17, 15) is 8.78 Å². The van der Waals surface area contributed by atoms with Crippen molar-refractivity contribution in [3.8, 4) is 5.75 Å². The molecule has 1 heterocycles. The molecule has 134 valence electrons. The maximum absolute atomic E-state index is 13.1. The van der Waals surface area contributed by atoms with Crippen LogP contribution >= 0.6 is 24.0 Å². The molecule has 4 nitrogen and oxygen atoms in total. The molecule has 1 unspecified atom stereocenters. The first kappa shape index (κ1) is 19.2. The van der Waals surface area contributed by atoms with Gasteiger partial charge in [-0.05, 0) is 24.8 Å². The van der Waals surface area contributed by atoms with Crippen molar-refractivity contribution in [1.29, 1.82) is 0 Å². The molecule has 7 heteroatoms. The molecule has 1 fully saturated rings. The zero-order valence-corrected chi connectivity index (χ0v) is 15.8. The smallest absolute Gasteiger partial charge is 0.248 e. The fraction of sp³-hybridized carbons (Fsp3) is 0.588. The standard InChI is InChI=1S/C17H23F2N3O.HI/c18-17(19)8-5-12(6-9-17)11-21-16(20)22-14-7-10-23-15-4-2-1-3-13(14)15;/h1-4,12,14H,5-11H2,(H3,20,21,22);1H. The highest BCUT2D eigenvalue weighted by atomic mass is 127. The number of nitrogens with one attached hydrogen (secondary N) is 1. The van der Waals surface area contributed by atoms with Gasteiger partial charge in [0.2, 0.25) is 5.92 Å². The molecule has 1 aliphatic carbocycles. The van der Waals surface area contributed by atoms with E-state index in [1.54, 1.807) is 0 Å². The van der Waals surface area contributed by atoms with Gasteiger partial charge in [0, 0.05) is 31.4 Å². The quantitative estimate of drug-likeness (QED) is 0.417. The molecule has 3 N–H and O–H groups in total. The average molecular weight is 451 g/mol. The summed E-state index contributed by atoms with van der Waals surface area (Å²) in [4.78, 5) is 4.36. The molecule has 0 amide bonds. The van der Waals surface area contributed by atoms with Gasteiger partial charge in [-0.1, -0.05) is 18.2 Å². The molecule has 0 saturated heterocycles. The zero-order valence-electron chi connectivity index (χ0n) is 13.5. The minimum absolute atomic E-state index is 0. The summed E-state index contributed by atoms with van der Waals surface area (Å²) < 4.78 is 31.9. The fourth-order valence-corrected chi connectivity index (χ4v) is 3.23. The molecular weight excluding hydrogens is 427 g/mol. The number of aliphatic imine (C=N–C) groups is 1. The van der Waals surface area contributed by atoms with E-state index in [2.05, 4.69) is 10.3 Å². The van der Waals surface area contributed by atoms with E-state index < -0.39 is 5.92 Å². The number of benzene rings is 1. The molecule has 0 spiro atoms. The van der Waals surface area contributed by atoms with Crippen molar-refractivity contribution in [2.24, 2.45) is 16.6 Å². The predicted octanol–water partition coefficient (Wildman–Crippen LogP) is 3.86. The first-order valence-electron chi connectivity index (χ1n) is 8.19. The van der Waals surface area contributed by atoms with Gasteiger partial charge in [0.15, 0.2) is 5.96 Å². The van der Waals surface area contributed by atoms with E-state index in [0.29, 0.717) is 32.0 Å². The van der Waals surface area contributed by atoms with Crippen LogP contribution in [0.4, 0.5) is 8.78 Å². The number of halogens is 3. The largest absolute Gasteiger partial charge is 0.493 e. The van der Waals surface area contributed by atoms with Crippen LogP contribution in [0.15, 0.2) is 29.3 Å². The fourth-order valence-electron chi connectivity index (χ4n) is 3.23. The number of fused-ring (bicyclic) bond motifs is 1. The van der Waals surface area contributed by atoms with Gasteiger partial charge < -0.3 is 15.8 Å². The highest BCUT2D eigenvalue weighted by Gasteiger charge is 2.34. The number of hydrogen-bond donors (Lipinski definition) is 2. The number of guanidine groups is 1. The van der Waals surface area contributed by atoms with Crippen LogP contribution in [-0.4, -0.2) is 25.0 Å². The number of nitrogens with two attached hydrogens (primary N) is 1. The number of ether oxygens (including phenoxy) is 1. The lowest BCUT2D eigenvalue weighted by molar-refractivity contribution is -0.0446. The molecule has 0 bridgehead atoms. The van der Waals surface area contributed by atoms with Gasteiger partial charge in [-0.2, -0.15) is 0 Å². The van der Waals surface area contributed by atoms with Crippen molar-refractivity contribution in [1.82, 2.24) is 5.32 Å². The SMILES string of the molecule is I.NC(=NCC1CCC(F)(F)CC1)NC1CCOc2ccccc21. The van der Waals surface area contributed by atoms with E-state index in [1.807, 2.05) is 24.3 Å².